The number of fused-ring (bicyclic) bond motifs is 3. The normalized spacial score (nSPS) is 45.2. The molecule has 0 nitrogen and oxygen atoms in total. The maximum absolute atomic E-state index is 6.51. The third-order valence-corrected chi connectivity index (χ3v) is 5.31. The van der Waals surface area contributed by atoms with Gasteiger partial charge in [-0.1, -0.05) is 20.8 Å². The molecule has 0 spiro atoms. The fourth-order valence-corrected chi connectivity index (χ4v) is 3.55. The first-order valence-electron chi connectivity index (χ1n) is 5.56. The lowest BCUT2D eigenvalue weighted by atomic mass is 9.51. The molecule has 0 atom stereocenters. The molecule has 2 bridgehead atoms. The standard InChI is InChI=1S/C12H21Cl/c1-10(2,3)11-4-7-12(13,8-5-11)9-6-11/h4-9H2,1-3H3. The van der Waals surface area contributed by atoms with E-state index in [2.05, 4.69) is 20.8 Å². The van der Waals surface area contributed by atoms with Crippen LogP contribution in [0.2, 0.25) is 0 Å². The summed E-state index contributed by atoms with van der Waals surface area (Å²) < 4.78 is 0. The van der Waals surface area contributed by atoms with Gasteiger partial charge < -0.3 is 0 Å². The largest absolute Gasteiger partial charge is 0.119 e. The van der Waals surface area contributed by atoms with Gasteiger partial charge in [-0.3, -0.25) is 0 Å². The molecule has 3 aliphatic rings. The Morgan fingerprint density at radius 2 is 1.23 bits per heavy atom. The Morgan fingerprint density at radius 3 is 1.54 bits per heavy atom. The Kier molecular flexibility index (Phi) is 2.01. The van der Waals surface area contributed by atoms with Gasteiger partial charge in [0.25, 0.3) is 0 Å². The van der Waals surface area contributed by atoms with Crippen LogP contribution < -0.4 is 0 Å². The van der Waals surface area contributed by atoms with E-state index < -0.39 is 0 Å². The maximum Gasteiger partial charge on any atom is 0.0447 e. The number of hydrogen-bond donors (Lipinski definition) is 0. The lowest BCUT2D eigenvalue weighted by Crippen LogP contribution is -2.48. The van der Waals surface area contributed by atoms with Crippen molar-refractivity contribution < 1.29 is 0 Å². The van der Waals surface area contributed by atoms with Crippen molar-refractivity contribution in [2.24, 2.45) is 10.8 Å². The third kappa shape index (κ3) is 1.42. The Bertz CT molecular complexity index is 187. The van der Waals surface area contributed by atoms with Gasteiger partial charge in [-0.25, -0.2) is 0 Å². The van der Waals surface area contributed by atoms with E-state index in [-0.39, 0.29) is 4.87 Å². The van der Waals surface area contributed by atoms with Crippen LogP contribution in [-0.4, -0.2) is 4.87 Å². The van der Waals surface area contributed by atoms with Gasteiger partial charge in [0, 0.05) is 4.87 Å². The summed E-state index contributed by atoms with van der Waals surface area (Å²) in [4.78, 5) is 0.201. The van der Waals surface area contributed by atoms with Crippen molar-refractivity contribution in [3.63, 3.8) is 0 Å². The second-order valence-electron chi connectivity index (χ2n) is 6.18. The first-order chi connectivity index (χ1) is 5.87. The van der Waals surface area contributed by atoms with Crippen molar-refractivity contribution in [2.75, 3.05) is 0 Å². The van der Waals surface area contributed by atoms with Gasteiger partial charge in [0.1, 0.15) is 0 Å². The monoisotopic (exact) mass is 200 g/mol. The van der Waals surface area contributed by atoms with E-state index in [1.165, 1.54) is 38.5 Å². The summed E-state index contributed by atoms with van der Waals surface area (Å²) in [5.74, 6) is 0. The average molecular weight is 201 g/mol. The summed E-state index contributed by atoms with van der Waals surface area (Å²) in [5.41, 5.74) is 1.09. The topological polar surface area (TPSA) is 0 Å². The number of rotatable bonds is 0. The summed E-state index contributed by atoms with van der Waals surface area (Å²) in [7, 11) is 0. The highest BCUT2D eigenvalue weighted by molar-refractivity contribution is 6.24. The summed E-state index contributed by atoms with van der Waals surface area (Å²) >= 11 is 6.51. The van der Waals surface area contributed by atoms with Crippen molar-refractivity contribution >= 4 is 11.6 Å². The minimum Gasteiger partial charge on any atom is -0.119 e. The van der Waals surface area contributed by atoms with Gasteiger partial charge in [-0.15, -0.1) is 11.6 Å². The van der Waals surface area contributed by atoms with E-state index in [9.17, 15) is 0 Å². The fraction of sp³-hybridized carbons (Fsp3) is 1.00. The van der Waals surface area contributed by atoms with Crippen molar-refractivity contribution in [3.05, 3.63) is 0 Å². The van der Waals surface area contributed by atoms with Gasteiger partial charge in [0.15, 0.2) is 0 Å². The minimum atomic E-state index is 0.201. The molecule has 3 aliphatic carbocycles. The van der Waals surface area contributed by atoms with Crippen molar-refractivity contribution in [3.8, 4) is 0 Å². The predicted octanol–water partition coefficient (Wildman–Crippen LogP) is 4.36. The van der Waals surface area contributed by atoms with Crippen LogP contribution >= 0.6 is 11.6 Å². The highest BCUT2D eigenvalue weighted by Crippen LogP contribution is 2.61. The van der Waals surface area contributed by atoms with Crippen LogP contribution in [0.1, 0.15) is 59.3 Å². The number of hydrogen-bond acceptors (Lipinski definition) is 0. The Labute approximate surface area is 87.0 Å². The lowest BCUT2D eigenvalue weighted by molar-refractivity contribution is -0.0229. The lowest BCUT2D eigenvalue weighted by Gasteiger charge is -2.57. The van der Waals surface area contributed by atoms with Crippen LogP contribution in [0.15, 0.2) is 0 Å². The molecule has 0 aliphatic heterocycles. The van der Waals surface area contributed by atoms with E-state index in [4.69, 9.17) is 11.6 Å². The second-order valence-corrected chi connectivity index (χ2v) is 6.98. The maximum atomic E-state index is 6.51. The summed E-state index contributed by atoms with van der Waals surface area (Å²) in [5, 5.41) is 0. The number of alkyl halides is 1. The van der Waals surface area contributed by atoms with Gasteiger partial charge in [-0.2, -0.15) is 0 Å². The van der Waals surface area contributed by atoms with Crippen molar-refractivity contribution in [1.82, 2.24) is 0 Å². The smallest absolute Gasteiger partial charge is 0.0447 e. The quantitative estimate of drug-likeness (QED) is 0.510. The van der Waals surface area contributed by atoms with Crippen LogP contribution in [0.4, 0.5) is 0 Å². The molecule has 0 aromatic rings. The van der Waals surface area contributed by atoms with Gasteiger partial charge in [0.2, 0.25) is 0 Å². The Hall–Kier alpha value is 0.290. The molecule has 0 aromatic heterocycles. The molecule has 3 rings (SSSR count). The molecule has 76 valence electrons. The Morgan fingerprint density at radius 1 is 0.846 bits per heavy atom. The molecule has 13 heavy (non-hydrogen) atoms. The highest BCUT2D eigenvalue weighted by atomic mass is 35.5. The first kappa shape index (κ1) is 9.83. The SMILES string of the molecule is CC(C)(C)C12CCC(Cl)(CC1)CC2. The van der Waals surface area contributed by atoms with Gasteiger partial charge >= 0.3 is 0 Å². The zero-order valence-electron chi connectivity index (χ0n) is 9.12. The van der Waals surface area contributed by atoms with E-state index in [1.54, 1.807) is 0 Å². The molecule has 0 unspecified atom stereocenters. The predicted molar refractivity (Wildman–Crippen MR) is 58.2 cm³/mol. The van der Waals surface area contributed by atoms with Crippen LogP contribution in [0.3, 0.4) is 0 Å². The molecule has 0 amide bonds. The highest BCUT2D eigenvalue weighted by Gasteiger charge is 2.52. The van der Waals surface area contributed by atoms with Gasteiger partial charge in [0.05, 0.1) is 0 Å². The summed E-state index contributed by atoms with van der Waals surface area (Å²) in [6.45, 7) is 7.21. The fourth-order valence-electron chi connectivity index (χ4n) is 3.26. The molecule has 1 heteroatoms. The second kappa shape index (κ2) is 2.66. The molecule has 0 N–H and O–H groups in total. The van der Waals surface area contributed by atoms with Crippen LogP contribution in [0.5, 0.6) is 0 Å². The minimum absolute atomic E-state index is 0.201. The van der Waals surface area contributed by atoms with Crippen molar-refractivity contribution in [1.29, 1.82) is 0 Å². The molecule has 3 saturated carbocycles. The molecule has 0 saturated heterocycles. The Balaban J connectivity index is 2.20. The van der Waals surface area contributed by atoms with E-state index in [0.717, 1.165) is 0 Å². The molecular weight excluding hydrogens is 180 g/mol. The molecule has 0 aromatic carbocycles. The first-order valence-corrected chi connectivity index (χ1v) is 5.94. The average Bonchev–Trinajstić information content (AvgIpc) is 2.04. The van der Waals surface area contributed by atoms with Crippen molar-refractivity contribution in [2.45, 2.75) is 64.2 Å². The van der Waals surface area contributed by atoms with E-state index >= 15 is 0 Å². The zero-order valence-corrected chi connectivity index (χ0v) is 9.88. The molecule has 0 heterocycles. The molecular formula is C12H21Cl. The van der Waals surface area contributed by atoms with Crippen LogP contribution in [0.25, 0.3) is 0 Å². The van der Waals surface area contributed by atoms with Gasteiger partial charge in [-0.05, 0) is 49.4 Å². The van der Waals surface area contributed by atoms with E-state index in [0.29, 0.717) is 10.8 Å². The third-order valence-electron chi connectivity index (χ3n) is 4.75. The zero-order chi connectivity index (χ0) is 9.74. The van der Waals surface area contributed by atoms with Crippen LogP contribution in [0, 0.1) is 10.8 Å². The molecule has 0 radical (unpaired) electrons. The summed E-state index contributed by atoms with van der Waals surface area (Å²) in [6, 6.07) is 0. The van der Waals surface area contributed by atoms with Crippen LogP contribution in [-0.2, 0) is 0 Å². The number of halogens is 1. The van der Waals surface area contributed by atoms with E-state index in [1.807, 2.05) is 0 Å². The molecule has 3 fully saturated rings. The summed E-state index contributed by atoms with van der Waals surface area (Å²) in [6.07, 6.45) is 7.85.